The molecule has 0 N–H and O–H groups in total. The number of pyridine rings is 1. The van der Waals surface area contributed by atoms with Crippen LogP contribution in [0.25, 0.3) is 28.0 Å². The van der Waals surface area contributed by atoms with Crippen LogP contribution in [0.1, 0.15) is 0 Å². The van der Waals surface area contributed by atoms with Crippen LogP contribution in [-0.4, -0.2) is 18.7 Å². The van der Waals surface area contributed by atoms with Crippen molar-refractivity contribution in [2.45, 2.75) is 0 Å². The van der Waals surface area contributed by atoms with Crippen LogP contribution in [0, 0.1) is 0 Å². The second-order valence-corrected chi connectivity index (χ2v) is 6.92. The molecule has 0 bridgehead atoms. The zero-order chi connectivity index (χ0) is 18.4. The van der Waals surface area contributed by atoms with Crippen molar-refractivity contribution in [1.29, 1.82) is 0 Å². The Morgan fingerprint density at radius 2 is 1.69 bits per heavy atom. The summed E-state index contributed by atoms with van der Waals surface area (Å²) in [5, 5.41) is 0.488. The van der Waals surface area contributed by atoms with Gasteiger partial charge in [-0.3, -0.25) is 18.5 Å². The molecule has 0 fully saturated rings. The van der Waals surface area contributed by atoms with E-state index < -0.39 is 0 Å². The van der Waals surface area contributed by atoms with Crippen LogP contribution in [-0.2, 0) is 14.1 Å². The second kappa shape index (κ2) is 6.10. The zero-order valence-electron chi connectivity index (χ0n) is 14.2. The molecule has 4 rings (SSSR count). The molecule has 4 aromatic rings. The minimum Gasteiger partial charge on any atom is -0.298 e. The van der Waals surface area contributed by atoms with E-state index in [1.165, 1.54) is 11.6 Å². The fourth-order valence-electron chi connectivity index (χ4n) is 3.11. The van der Waals surface area contributed by atoms with E-state index in [-0.39, 0.29) is 11.2 Å². The maximum absolute atomic E-state index is 12.9. The lowest BCUT2D eigenvalue weighted by Gasteiger charge is -2.09. The van der Waals surface area contributed by atoms with E-state index in [2.05, 4.69) is 20.9 Å². The van der Waals surface area contributed by atoms with Crippen LogP contribution < -0.4 is 11.2 Å². The van der Waals surface area contributed by atoms with Gasteiger partial charge in [0.1, 0.15) is 5.82 Å². The van der Waals surface area contributed by atoms with Crippen LogP contribution in [0.15, 0.2) is 68.9 Å². The number of aryl methyl sites for hydroxylation is 1. The van der Waals surface area contributed by atoms with Gasteiger partial charge in [-0.25, -0.2) is 9.78 Å². The van der Waals surface area contributed by atoms with E-state index in [1.54, 1.807) is 19.4 Å². The molecule has 0 aliphatic heterocycles. The summed E-state index contributed by atoms with van der Waals surface area (Å²) in [7, 11) is 3.16. The van der Waals surface area contributed by atoms with Gasteiger partial charge in [-0.05, 0) is 29.8 Å². The third-order valence-electron chi connectivity index (χ3n) is 4.45. The van der Waals surface area contributed by atoms with Crippen LogP contribution in [0.2, 0.25) is 0 Å². The SMILES string of the molecule is Cn1c(=O)c2c(-c3ccc(Br)cc3)n(-c3ccccn3)cc2n(C)c1=O. The highest BCUT2D eigenvalue weighted by Gasteiger charge is 2.20. The molecule has 7 heteroatoms. The van der Waals surface area contributed by atoms with E-state index in [1.807, 2.05) is 47.0 Å². The molecule has 3 aromatic heterocycles. The van der Waals surface area contributed by atoms with Gasteiger partial charge in [0.05, 0.1) is 16.6 Å². The Labute approximate surface area is 157 Å². The van der Waals surface area contributed by atoms with Gasteiger partial charge in [-0.1, -0.05) is 34.1 Å². The van der Waals surface area contributed by atoms with Gasteiger partial charge in [-0.2, -0.15) is 0 Å². The van der Waals surface area contributed by atoms with E-state index >= 15 is 0 Å². The summed E-state index contributed by atoms with van der Waals surface area (Å²) in [5.41, 5.74) is 1.47. The van der Waals surface area contributed by atoms with Crippen molar-refractivity contribution in [2.24, 2.45) is 14.1 Å². The smallest absolute Gasteiger partial charge is 0.298 e. The Kier molecular flexibility index (Phi) is 3.88. The fourth-order valence-corrected chi connectivity index (χ4v) is 3.37. The number of hydrogen-bond acceptors (Lipinski definition) is 3. The predicted molar refractivity (Wildman–Crippen MR) is 105 cm³/mol. The average Bonchev–Trinajstić information content (AvgIpc) is 3.07. The molecule has 6 nitrogen and oxygen atoms in total. The first kappa shape index (κ1) is 16.5. The van der Waals surface area contributed by atoms with Crippen molar-refractivity contribution in [1.82, 2.24) is 18.7 Å². The van der Waals surface area contributed by atoms with E-state index in [0.29, 0.717) is 22.4 Å². The molecule has 26 heavy (non-hydrogen) atoms. The summed E-state index contributed by atoms with van der Waals surface area (Å²) < 4.78 is 5.42. The van der Waals surface area contributed by atoms with Crippen LogP contribution in [0.3, 0.4) is 0 Å². The van der Waals surface area contributed by atoms with E-state index in [4.69, 9.17) is 0 Å². The Morgan fingerprint density at radius 3 is 2.35 bits per heavy atom. The predicted octanol–water partition coefficient (Wildman–Crippen LogP) is 2.85. The standard InChI is InChI=1S/C19H15BrN4O2/c1-22-14-11-24(15-5-3-4-10-21-15)17(12-6-8-13(20)9-7-12)16(14)18(25)23(2)19(22)26/h3-11H,1-2H3. The first-order chi connectivity index (χ1) is 12.5. The third-order valence-corrected chi connectivity index (χ3v) is 4.98. The van der Waals surface area contributed by atoms with Crippen molar-refractivity contribution in [3.8, 4) is 17.1 Å². The summed E-state index contributed by atoms with van der Waals surface area (Å²) >= 11 is 3.44. The van der Waals surface area contributed by atoms with Gasteiger partial charge in [0.25, 0.3) is 5.56 Å². The lowest BCUT2D eigenvalue weighted by molar-refractivity contribution is 0.714. The molecule has 0 radical (unpaired) electrons. The quantitative estimate of drug-likeness (QED) is 0.510. The van der Waals surface area contributed by atoms with Crippen molar-refractivity contribution in [3.05, 3.63) is 80.2 Å². The molecule has 3 heterocycles. The number of rotatable bonds is 2. The summed E-state index contributed by atoms with van der Waals surface area (Å²) in [4.78, 5) is 29.7. The maximum Gasteiger partial charge on any atom is 0.330 e. The molecule has 130 valence electrons. The van der Waals surface area contributed by atoms with Crippen LogP contribution in [0.5, 0.6) is 0 Å². The Balaban J connectivity index is 2.21. The fraction of sp³-hybridized carbons (Fsp3) is 0.105. The molecular formula is C19H15BrN4O2. The van der Waals surface area contributed by atoms with Crippen LogP contribution in [0.4, 0.5) is 0 Å². The largest absolute Gasteiger partial charge is 0.330 e. The van der Waals surface area contributed by atoms with Gasteiger partial charge >= 0.3 is 5.69 Å². The van der Waals surface area contributed by atoms with Crippen molar-refractivity contribution < 1.29 is 0 Å². The number of hydrogen-bond donors (Lipinski definition) is 0. The number of benzene rings is 1. The van der Waals surface area contributed by atoms with Crippen LogP contribution >= 0.6 is 15.9 Å². The molecular weight excluding hydrogens is 396 g/mol. The number of nitrogens with zero attached hydrogens (tertiary/aromatic N) is 4. The third kappa shape index (κ3) is 2.43. The lowest BCUT2D eigenvalue weighted by Crippen LogP contribution is -2.36. The van der Waals surface area contributed by atoms with Gasteiger partial charge in [-0.15, -0.1) is 0 Å². The number of halogens is 1. The summed E-state index contributed by atoms with van der Waals surface area (Å²) in [5.74, 6) is 0.677. The molecule has 0 aliphatic rings. The Bertz CT molecular complexity index is 1240. The zero-order valence-corrected chi connectivity index (χ0v) is 15.8. The highest BCUT2D eigenvalue weighted by Crippen LogP contribution is 2.31. The number of fused-ring (bicyclic) bond motifs is 1. The molecule has 0 amide bonds. The molecule has 1 aromatic carbocycles. The normalized spacial score (nSPS) is 11.2. The molecule has 0 saturated heterocycles. The van der Waals surface area contributed by atoms with Gasteiger partial charge in [0.2, 0.25) is 0 Å². The minimum atomic E-state index is -0.358. The van der Waals surface area contributed by atoms with E-state index in [0.717, 1.165) is 14.6 Å². The van der Waals surface area contributed by atoms with E-state index in [9.17, 15) is 9.59 Å². The number of aromatic nitrogens is 4. The van der Waals surface area contributed by atoms with Crippen molar-refractivity contribution >= 4 is 26.8 Å². The summed E-state index contributed by atoms with van der Waals surface area (Å²) in [6.07, 6.45) is 3.49. The molecule has 0 unspecified atom stereocenters. The Hall–Kier alpha value is -2.93. The highest BCUT2D eigenvalue weighted by atomic mass is 79.9. The minimum absolute atomic E-state index is 0.323. The summed E-state index contributed by atoms with van der Waals surface area (Å²) in [6.45, 7) is 0. The molecule has 0 atom stereocenters. The summed E-state index contributed by atoms with van der Waals surface area (Å²) in [6, 6.07) is 13.3. The second-order valence-electron chi connectivity index (χ2n) is 6.01. The topological polar surface area (TPSA) is 61.8 Å². The molecule has 0 saturated carbocycles. The molecule has 0 spiro atoms. The Morgan fingerprint density at radius 1 is 0.962 bits per heavy atom. The maximum atomic E-state index is 12.9. The van der Waals surface area contributed by atoms with Gasteiger partial charge < -0.3 is 0 Å². The van der Waals surface area contributed by atoms with Gasteiger partial charge in [0, 0.05) is 31.0 Å². The first-order valence-corrected chi connectivity index (χ1v) is 8.77. The van der Waals surface area contributed by atoms with Gasteiger partial charge in [0.15, 0.2) is 0 Å². The lowest BCUT2D eigenvalue weighted by atomic mass is 10.1. The van der Waals surface area contributed by atoms with Crippen molar-refractivity contribution in [2.75, 3.05) is 0 Å². The van der Waals surface area contributed by atoms with Crippen molar-refractivity contribution in [3.63, 3.8) is 0 Å². The highest BCUT2D eigenvalue weighted by molar-refractivity contribution is 9.10. The average molecular weight is 411 g/mol. The first-order valence-electron chi connectivity index (χ1n) is 7.97. The monoisotopic (exact) mass is 410 g/mol. The molecule has 0 aliphatic carbocycles.